The summed E-state index contributed by atoms with van der Waals surface area (Å²) in [6.07, 6.45) is 1.66. The van der Waals surface area contributed by atoms with E-state index in [1.807, 2.05) is 30.3 Å². The van der Waals surface area contributed by atoms with E-state index in [0.717, 1.165) is 16.9 Å². The molecule has 0 atom stereocenters. The van der Waals surface area contributed by atoms with Gasteiger partial charge in [0.05, 0.1) is 23.3 Å². The van der Waals surface area contributed by atoms with E-state index in [2.05, 4.69) is 21.2 Å². The molecular formula is C20H20BrNO5S. The summed E-state index contributed by atoms with van der Waals surface area (Å²) in [5.74, 6) is -1.61. The van der Waals surface area contributed by atoms with E-state index in [0.29, 0.717) is 5.56 Å². The van der Waals surface area contributed by atoms with Crippen LogP contribution in [-0.4, -0.2) is 31.1 Å². The number of ether oxygens (including phenoxy) is 2. The lowest BCUT2D eigenvalue weighted by atomic mass is 10.1. The normalized spacial score (nSPS) is 11.1. The molecule has 0 aliphatic heterocycles. The number of thiophene rings is 1. The van der Waals surface area contributed by atoms with E-state index >= 15 is 0 Å². The molecule has 0 saturated heterocycles. The molecule has 0 fully saturated rings. The lowest BCUT2D eigenvalue weighted by Crippen LogP contribution is -2.14. The highest BCUT2D eigenvalue weighted by Gasteiger charge is 2.27. The number of nitrogens with one attached hydrogen (secondary N) is 1. The first-order valence-corrected chi connectivity index (χ1v) is 10.2. The van der Waals surface area contributed by atoms with Crippen molar-refractivity contribution >= 4 is 56.2 Å². The minimum atomic E-state index is -0.606. The number of carbonyl (C=O) groups is 3. The van der Waals surface area contributed by atoms with Gasteiger partial charge in [-0.15, -0.1) is 11.3 Å². The molecule has 1 N–H and O–H groups in total. The van der Waals surface area contributed by atoms with Crippen molar-refractivity contribution in [3.63, 3.8) is 0 Å². The van der Waals surface area contributed by atoms with Crippen LogP contribution in [-0.2, 0) is 14.3 Å². The highest BCUT2D eigenvalue weighted by atomic mass is 79.9. The monoisotopic (exact) mass is 465 g/mol. The Morgan fingerprint density at radius 3 is 2.29 bits per heavy atom. The molecule has 0 bridgehead atoms. The third-order valence-corrected chi connectivity index (χ3v) is 5.40. The number of amides is 1. The molecule has 1 aromatic carbocycles. The average molecular weight is 466 g/mol. The van der Waals surface area contributed by atoms with Crippen LogP contribution in [0, 0.1) is 6.92 Å². The quantitative estimate of drug-likeness (QED) is 0.469. The van der Waals surface area contributed by atoms with Gasteiger partial charge in [-0.2, -0.15) is 0 Å². The molecular weight excluding hydrogens is 446 g/mol. The summed E-state index contributed by atoms with van der Waals surface area (Å²) < 4.78 is 10.4. The van der Waals surface area contributed by atoms with E-state index in [4.69, 9.17) is 9.47 Å². The van der Waals surface area contributed by atoms with Crippen LogP contribution in [0.5, 0.6) is 0 Å². The van der Waals surface area contributed by atoms with Gasteiger partial charge < -0.3 is 14.8 Å². The predicted molar refractivity (Wildman–Crippen MR) is 113 cm³/mol. The van der Waals surface area contributed by atoms with Crippen molar-refractivity contribution in [2.45, 2.75) is 20.8 Å². The summed E-state index contributed by atoms with van der Waals surface area (Å²) in [6.45, 7) is 5.38. The van der Waals surface area contributed by atoms with Gasteiger partial charge in [0, 0.05) is 0 Å². The molecule has 0 radical (unpaired) electrons. The molecule has 1 aromatic heterocycles. The highest BCUT2D eigenvalue weighted by molar-refractivity contribution is 9.12. The van der Waals surface area contributed by atoms with Gasteiger partial charge in [0.25, 0.3) is 5.91 Å². The summed E-state index contributed by atoms with van der Waals surface area (Å²) in [6, 6.07) is 9.30. The van der Waals surface area contributed by atoms with Gasteiger partial charge in [0.15, 0.2) is 0 Å². The Hall–Kier alpha value is -2.45. The fourth-order valence-electron chi connectivity index (χ4n) is 2.37. The Labute approximate surface area is 175 Å². The number of anilines is 1. The molecule has 2 rings (SSSR count). The number of rotatable bonds is 7. The standard InChI is InChI=1S/C20H20BrNO5S/c1-4-26-19(24)15-12(3)16(20(25)27-5-2)28-18(15)22-17(23)14(21)11-13-9-7-6-8-10-13/h6-11H,4-5H2,1-3H3,(H,22,23)/b14-11-. The zero-order valence-electron chi connectivity index (χ0n) is 15.7. The van der Waals surface area contributed by atoms with Gasteiger partial charge >= 0.3 is 11.9 Å². The van der Waals surface area contributed by atoms with Crippen molar-refractivity contribution in [1.29, 1.82) is 0 Å². The van der Waals surface area contributed by atoms with Crippen LogP contribution in [0.4, 0.5) is 5.00 Å². The maximum Gasteiger partial charge on any atom is 0.348 e. The van der Waals surface area contributed by atoms with E-state index in [1.54, 1.807) is 26.8 Å². The molecule has 0 aliphatic rings. The first-order valence-electron chi connectivity index (χ1n) is 8.60. The number of carbonyl (C=O) groups excluding carboxylic acids is 3. The molecule has 0 spiro atoms. The molecule has 28 heavy (non-hydrogen) atoms. The molecule has 148 valence electrons. The van der Waals surface area contributed by atoms with Crippen LogP contribution in [0.15, 0.2) is 34.8 Å². The van der Waals surface area contributed by atoms with E-state index in [-0.39, 0.29) is 33.1 Å². The summed E-state index contributed by atoms with van der Waals surface area (Å²) in [5, 5.41) is 2.92. The topological polar surface area (TPSA) is 81.7 Å². The fraction of sp³-hybridized carbons (Fsp3) is 0.250. The number of esters is 2. The van der Waals surface area contributed by atoms with Crippen molar-refractivity contribution in [3.8, 4) is 0 Å². The molecule has 0 aliphatic carbocycles. The molecule has 1 amide bonds. The maximum atomic E-state index is 12.6. The molecule has 1 heterocycles. The Balaban J connectivity index is 2.36. The van der Waals surface area contributed by atoms with Crippen molar-refractivity contribution in [1.82, 2.24) is 0 Å². The van der Waals surface area contributed by atoms with Gasteiger partial charge in [-0.1, -0.05) is 30.3 Å². The Bertz CT molecular complexity index is 905. The number of hydrogen-bond acceptors (Lipinski definition) is 6. The minimum absolute atomic E-state index is 0.156. The van der Waals surface area contributed by atoms with Crippen molar-refractivity contribution in [2.75, 3.05) is 18.5 Å². The average Bonchev–Trinajstić information content (AvgIpc) is 2.99. The minimum Gasteiger partial charge on any atom is -0.462 e. The highest BCUT2D eigenvalue weighted by Crippen LogP contribution is 2.35. The third kappa shape index (κ3) is 5.30. The number of halogens is 1. The molecule has 0 unspecified atom stereocenters. The first kappa shape index (κ1) is 21.8. The van der Waals surface area contributed by atoms with Crippen LogP contribution in [0.3, 0.4) is 0 Å². The summed E-state index contributed by atoms with van der Waals surface area (Å²) >= 11 is 4.24. The van der Waals surface area contributed by atoms with Crippen molar-refractivity contribution < 1.29 is 23.9 Å². The van der Waals surface area contributed by atoms with Gasteiger partial charge in [0.2, 0.25) is 0 Å². The molecule has 2 aromatic rings. The second-order valence-corrected chi connectivity index (χ2v) is 7.43. The smallest absolute Gasteiger partial charge is 0.348 e. The zero-order chi connectivity index (χ0) is 20.7. The summed E-state index contributed by atoms with van der Waals surface area (Å²) in [7, 11) is 0. The third-order valence-electron chi connectivity index (χ3n) is 3.62. The van der Waals surface area contributed by atoms with E-state index in [9.17, 15) is 14.4 Å². The van der Waals surface area contributed by atoms with Crippen molar-refractivity contribution in [2.24, 2.45) is 0 Å². The maximum absolute atomic E-state index is 12.6. The van der Waals surface area contributed by atoms with Crippen LogP contribution in [0.1, 0.15) is 45.0 Å². The number of hydrogen-bond donors (Lipinski definition) is 1. The lowest BCUT2D eigenvalue weighted by Gasteiger charge is -2.07. The Morgan fingerprint density at radius 2 is 1.68 bits per heavy atom. The van der Waals surface area contributed by atoms with Gasteiger partial charge in [-0.25, -0.2) is 9.59 Å². The van der Waals surface area contributed by atoms with Crippen LogP contribution >= 0.6 is 27.3 Å². The summed E-state index contributed by atoms with van der Waals surface area (Å²) in [4.78, 5) is 37.4. The molecule has 0 saturated carbocycles. The predicted octanol–water partition coefficient (Wildman–Crippen LogP) is 4.78. The van der Waals surface area contributed by atoms with Crippen LogP contribution in [0.2, 0.25) is 0 Å². The fourth-order valence-corrected chi connectivity index (χ4v) is 3.81. The second kappa shape index (κ2) is 10.2. The number of benzene rings is 1. The van der Waals surface area contributed by atoms with Crippen LogP contribution < -0.4 is 5.32 Å². The SMILES string of the molecule is CCOC(=O)c1sc(NC(=O)/C(Br)=C/c2ccccc2)c(C(=O)OCC)c1C. The summed E-state index contributed by atoms with van der Waals surface area (Å²) in [5.41, 5.74) is 1.41. The largest absolute Gasteiger partial charge is 0.462 e. The molecule has 6 nitrogen and oxygen atoms in total. The second-order valence-electron chi connectivity index (χ2n) is 5.56. The lowest BCUT2D eigenvalue weighted by molar-refractivity contribution is -0.112. The zero-order valence-corrected chi connectivity index (χ0v) is 18.1. The first-order chi connectivity index (χ1) is 13.4. The van der Waals surface area contributed by atoms with Gasteiger partial charge in [0.1, 0.15) is 9.88 Å². The Morgan fingerprint density at radius 1 is 1.07 bits per heavy atom. The van der Waals surface area contributed by atoms with E-state index < -0.39 is 17.8 Å². The molecule has 8 heteroatoms. The van der Waals surface area contributed by atoms with E-state index in [1.165, 1.54) is 0 Å². The van der Waals surface area contributed by atoms with Crippen LogP contribution in [0.25, 0.3) is 6.08 Å². The van der Waals surface area contributed by atoms with Crippen molar-refractivity contribution in [3.05, 3.63) is 56.4 Å². The van der Waals surface area contributed by atoms with Gasteiger partial charge in [-0.05, 0) is 53.9 Å². The Kier molecular flexibility index (Phi) is 7.95. The van der Waals surface area contributed by atoms with Gasteiger partial charge in [-0.3, -0.25) is 4.79 Å².